The number of nitrogens with one attached hydrogen (secondary N) is 2. The number of carbonyl (C=O) groups is 3. The summed E-state index contributed by atoms with van der Waals surface area (Å²) in [6.07, 6.45) is 1.58. The van der Waals surface area contributed by atoms with Crippen molar-refractivity contribution < 1.29 is 14.4 Å². The van der Waals surface area contributed by atoms with E-state index in [0.717, 1.165) is 18.8 Å². The Morgan fingerprint density at radius 3 is 2.79 bits per heavy atom. The van der Waals surface area contributed by atoms with Gasteiger partial charge in [0.05, 0.1) is 29.6 Å². The predicted octanol–water partition coefficient (Wildman–Crippen LogP) is 1.35. The Labute approximate surface area is 196 Å². The van der Waals surface area contributed by atoms with Crippen molar-refractivity contribution >= 4 is 46.1 Å². The molecule has 0 saturated carbocycles. The third kappa shape index (κ3) is 4.88. The second-order valence-corrected chi connectivity index (χ2v) is 9.83. The van der Waals surface area contributed by atoms with E-state index in [2.05, 4.69) is 33.5 Å². The zero-order valence-electron chi connectivity index (χ0n) is 18.6. The van der Waals surface area contributed by atoms with Crippen LogP contribution in [0.25, 0.3) is 10.9 Å². The molecule has 1 atom stereocenters. The largest absolute Gasteiger partial charge is 0.370 e. The molecule has 9 nitrogen and oxygen atoms in total. The molecule has 0 unspecified atom stereocenters. The van der Waals surface area contributed by atoms with Gasteiger partial charge in [-0.1, -0.05) is 6.92 Å². The second kappa shape index (κ2) is 9.27. The van der Waals surface area contributed by atoms with Gasteiger partial charge in [-0.15, -0.1) is 11.8 Å². The quantitative estimate of drug-likeness (QED) is 0.660. The highest BCUT2D eigenvalue weighted by molar-refractivity contribution is 7.99. The maximum Gasteiger partial charge on any atom is 0.252 e. The molecule has 33 heavy (non-hydrogen) atoms. The van der Waals surface area contributed by atoms with Crippen LogP contribution in [0.4, 0.5) is 5.69 Å². The van der Waals surface area contributed by atoms with E-state index in [9.17, 15) is 14.4 Å². The topological polar surface area (TPSA) is 118 Å². The summed E-state index contributed by atoms with van der Waals surface area (Å²) >= 11 is 1.53. The summed E-state index contributed by atoms with van der Waals surface area (Å²) in [7, 11) is 0. The SMILES string of the molecule is CC(=O)NCC1(C)CN(c2ccc3nccc(C(=O)NCC(=O)N4CSC[C@H]4C#N)c3c2)C1. The minimum absolute atomic E-state index is 0.00523. The molecule has 4 rings (SSSR count). The number of hydrogen-bond acceptors (Lipinski definition) is 7. The molecule has 2 fully saturated rings. The van der Waals surface area contributed by atoms with E-state index >= 15 is 0 Å². The second-order valence-electron chi connectivity index (χ2n) is 8.83. The van der Waals surface area contributed by atoms with Crippen molar-refractivity contribution in [1.29, 1.82) is 5.26 Å². The molecule has 172 valence electrons. The van der Waals surface area contributed by atoms with Crippen molar-refractivity contribution in [3.8, 4) is 6.07 Å². The lowest BCUT2D eigenvalue weighted by Gasteiger charge is -2.49. The van der Waals surface area contributed by atoms with Gasteiger partial charge in [0.2, 0.25) is 11.8 Å². The molecule has 0 spiro atoms. The van der Waals surface area contributed by atoms with Crippen molar-refractivity contribution in [2.75, 3.05) is 42.7 Å². The van der Waals surface area contributed by atoms with Crippen molar-refractivity contribution in [3.63, 3.8) is 0 Å². The number of thioether (sulfide) groups is 1. The highest BCUT2D eigenvalue weighted by Crippen LogP contribution is 2.35. The number of benzene rings is 1. The minimum atomic E-state index is -0.448. The van der Waals surface area contributed by atoms with Crippen LogP contribution in [0.2, 0.25) is 0 Å². The standard InChI is InChI=1S/C23H26N6O3S/c1-15(30)27-11-23(2)12-28(13-23)16-3-4-20-19(7-16)18(5-6-25-20)22(32)26-9-21(31)29-14-33-10-17(29)8-24/h3-7,17H,9-14H2,1-2H3,(H,26,32)(H,27,30)/t17-/m1/s1. The van der Waals surface area contributed by atoms with Crippen LogP contribution in [-0.4, -0.2) is 71.5 Å². The maximum atomic E-state index is 12.9. The van der Waals surface area contributed by atoms with Crippen LogP contribution in [0, 0.1) is 16.7 Å². The first-order valence-corrected chi connectivity index (χ1v) is 11.9. The first-order valence-electron chi connectivity index (χ1n) is 10.7. The summed E-state index contributed by atoms with van der Waals surface area (Å²) in [5.74, 6) is 0.400. The van der Waals surface area contributed by atoms with E-state index in [0.29, 0.717) is 34.6 Å². The van der Waals surface area contributed by atoms with E-state index in [1.165, 1.54) is 23.6 Å². The Balaban J connectivity index is 1.45. The van der Waals surface area contributed by atoms with Gasteiger partial charge in [0.25, 0.3) is 5.91 Å². The fourth-order valence-electron chi connectivity index (χ4n) is 4.18. The van der Waals surface area contributed by atoms with Gasteiger partial charge in [0.1, 0.15) is 6.04 Å². The average molecular weight is 467 g/mol. The summed E-state index contributed by atoms with van der Waals surface area (Å²) in [5.41, 5.74) is 2.13. The van der Waals surface area contributed by atoms with Gasteiger partial charge in [0, 0.05) is 55.0 Å². The predicted molar refractivity (Wildman–Crippen MR) is 127 cm³/mol. The van der Waals surface area contributed by atoms with Crippen LogP contribution < -0.4 is 15.5 Å². The van der Waals surface area contributed by atoms with Gasteiger partial charge in [0.15, 0.2) is 0 Å². The number of fused-ring (bicyclic) bond motifs is 1. The Bertz CT molecular complexity index is 1140. The molecule has 2 aliphatic heterocycles. The molecule has 2 N–H and O–H groups in total. The molecule has 3 amide bonds. The van der Waals surface area contributed by atoms with E-state index in [4.69, 9.17) is 5.26 Å². The average Bonchev–Trinajstić information content (AvgIpc) is 3.27. The molecule has 3 heterocycles. The number of rotatable bonds is 6. The Kier molecular flexibility index (Phi) is 6.42. The first kappa shape index (κ1) is 22.9. The smallest absolute Gasteiger partial charge is 0.252 e. The van der Waals surface area contributed by atoms with E-state index < -0.39 is 6.04 Å². The summed E-state index contributed by atoms with van der Waals surface area (Å²) in [5, 5.41) is 15.5. The molecule has 2 aliphatic rings. The van der Waals surface area contributed by atoms with Crippen LogP contribution in [0.5, 0.6) is 0 Å². The number of amides is 3. The van der Waals surface area contributed by atoms with Gasteiger partial charge in [-0.3, -0.25) is 19.4 Å². The Morgan fingerprint density at radius 1 is 1.27 bits per heavy atom. The maximum absolute atomic E-state index is 12.9. The number of nitriles is 1. The molecule has 1 aromatic carbocycles. The molecule has 1 aromatic heterocycles. The summed E-state index contributed by atoms with van der Waals surface area (Å²) < 4.78 is 0. The van der Waals surface area contributed by atoms with Crippen LogP contribution in [-0.2, 0) is 9.59 Å². The van der Waals surface area contributed by atoms with Crippen molar-refractivity contribution in [3.05, 3.63) is 36.0 Å². The highest BCUT2D eigenvalue weighted by atomic mass is 32.2. The summed E-state index contributed by atoms with van der Waals surface area (Å²) in [6.45, 7) is 5.70. The molecule has 0 radical (unpaired) electrons. The molecular weight excluding hydrogens is 440 g/mol. The lowest BCUT2D eigenvalue weighted by atomic mass is 9.81. The minimum Gasteiger partial charge on any atom is -0.370 e. The molecular formula is C23H26N6O3S. The molecule has 2 saturated heterocycles. The number of carbonyl (C=O) groups excluding carboxylic acids is 3. The van der Waals surface area contributed by atoms with Crippen molar-refractivity contribution in [2.45, 2.75) is 19.9 Å². The lowest BCUT2D eigenvalue weighted by molar-refractivity contribution is -0.129. The van der Waals surface area contributed by atoms with Gasteiger partial charge < -0.3 is 20.4 Å². The Hall–Kier alpha value is -3.32. The normalized spacial score (nSPS) is 19.0. The van der Waals surface area contributed by atoms with E-state index in [1.807, 2.05) is 18.2 Å². The van der Waals surface area contributed by atoms with Gasteiger partial charge >= 0.3 is 0 Å². The van der Waals surface area contributed by atoms with E-state index in [-0.39, 0.29) is 29.7 Å². The number of aromatic nitrogens is 1. The monoisotopic (exact) mass is 466 g/mol. The number of hydrogen-bond donors (Lipinski definition) is 2. The number of anilines is 1. The third-order valence-corrected chi connectivity index (χ3v) is 7.01. The highest BCUT2D eigenvalue weighted by Gasteiger charge is 2.39. The van der Waals surface area contributed by atoms with Crippen molar-refractivity contribution in [2.24, 2.45) is 5.41 Å². The van der Waals surface area contributed by atoms with Crippen LogP contribution in [0.15, 0.2) is 30.5 Å². The van der Waals surface area contributed by atoms with Crippen LogP contribution in [0.3, 0.4) is 0 Å². The molecule has 10 heteroatoms. The van der Waals surface area contributed by atoms with Gasteiger partial charge in [-0.05, 0) is 24.3 Å². The summed E-state index contributed by atoms with van der Waals surface area (Å²) in [4.78, 5) is 44.7. The Morgan fingerprint density at radius 2 is 2.06 bits per heavy atom. The number of pyridine rings is 1. The first-order chi connectivity index (χ1) is 15.8. The van der Waals surface area contributed by atoms with Gasteiger partial charge in [-0.25, -0.2) is 0 Å². The van der Waals surface area contributed by atoms with Crippen molar-refractivity contribution in [1.82, 2.24) is 20.5 Å². The summed E-state index contributed by atoms with van der Waals surface area (Å²) in [6, 6.07) is 9.13. The van der Waals surface area contributed by atoms with E-state index in [1.54, 1.807) is 12.3 Å². The fourth-order valence-corrected chi connectivity index (χ4v) is 5.29. The zero-order chi connectivity index (χ0) is 23.6. The molecule has 0 aliphatic carbocycles. The van der Waals surface area contributed by atoms with Crippen LogP contribution >= 0.6 is 11.8 Å². The number of nitrogens with zero attached hydrogens (tertiary/aromatic N) is 4. The molecule has 2 aromatic rings. The van der Waals surface area contributed by atoms with Crippen LogP contribution in [0.1, 0.15) is 24.2 Å². The third-order valence-electron chi connectivity index (χ3n) is 6.00. The fraction of sp³-hybridized carbons (Fsp3) is 0.435. The molecule has 0 bridgehead atoms. The zero-order valence-corrected chi connectivity index (χ0v) is 19.4. The lowest BCUT2D eigenvalue weighted by Crippen LogP contribution is -2.59. The van der Waals surface area contributed by atoms with Gasteiger partial charge in [-0.2, -0.15) is 5.26 Å².